The lowest BCUT2D eigenvalue weighted by molar-refractivity contribution is 0.0987. The molecule has 0 saturated carbocycles. The summed E-state index contributed by atoms with van der Waals surface area (Å²) in [5.41, 5.74) is 1.99. The third kappa shape index (κ3) is 1.97. The van der Waals surface area contributed by atoms with Crippen molar-refractivity contribution < 1.29 is 9.59 Å². The Balaban J connectivity index is 2.66. The monoisotopic (exact) mass is 256 g/mol. The summed E-state index contributed by atoms with van der Waals surface area (Å²) in [6.45, 7) is 5.47. The second kappa shape index (κ2) is 4.78. The molecule has 1 aromatic rings. The molecular weight excluding hydrogens is 244 g/mol. The molecule has 0 fully saturated rings. The standard InChI is InChI=1S/C15H12O2S/c1-3-5-10-7-13(16)11-8-14(18)9(4-2)6-12(11)15(10)17/h3-8,18H,2H2,1H3/b5-3+. The second-order valence-electron chi connectivity index (χ2n) is 3.95. The predicted octanol–water partition coefficient (Wildman–Crippen LogP) is 3.50. The van der Waals surface area contributed by atoms with E-state index in [-0.39, 0.29) is 11.6 Å². The number of hydrogen-bond acceptors (Lipinski definition) is 3. The van der Waals surface area contributed by atoms with E-state index in [1.807, 2.05) is 0 Å². The lowest BCUT2D eigenvalue weighted by atomic mass is 9.88. The summed E-state index contributed by atoms with van der Waals surface area (Å²) in [6.07, 6.45) is 6.37. The first-order valence-electron chi connectivity index (χ1n) is 5.51. The highest BCUT2D eigenvalue weighted by molar-refractivity contribution is 7.80. The Labute approximate surface area is 111 Å². The largest absolute Gasteiger partial charge is 0.289 e. The topological polar surface area (TPSA) is 34.1 Å². The molecule has 0 aromatic heterocycles. The van der Waals surface area contributed by atoms with Crippen LogP contribution >= 0.6 is 12.6 Å². The van der Waals surface area contributed by atoms with Gasteiger partial charge in [0.2, 0.25) is 0 Å². The first-order chi connectivity index (χ1) is 8.58. The second-order valence-corrected chi connectivity index (χ2v) is 4.44. The van der Waals surface area contributed by atoms with Crippen molar-refractivity contribution >= 4 is 30.3 Å². The van der Waals surface area contributed by atoms with Crippen molar-refractivity contribution in [3.8, 4) is 0 Å². The Bertz CT molecular complexity index is 622. The molecule has 0 aliphatic heterocycles. The number of Topliss-reactive ketones (excluding diaryl/α,β-unsaturated/α-hetero) is 1. The molecule has 1 aromatic carbocycles. The van der Waals surface area contributed by atoms with Gasteiger partial charge in [0.15, 0.2) is 11.6 Å². The van der Waals surface area contributed by atoms with Crippen LogP contribution in [0.1, 0.15) is 33.2 Å². The van der Waals surface area contributed by atoms with E-state index in [4.69, 9.17) is 0 Å². The highest BCUT2D eigenvalue weighted by Gasteiger charge is 2.24. The lowest BCUT2D eigenvalue weighted by Crippen LogP contribution is -2.16. The highest BCUT2D eigenvalue weighted by atomic mass is 32.1. The SMILES string of the molecule is C=Cc1cc2c(cc1S)C(=O)C=C(/C=C/C)C2=O. The number of hydrogen-bond donors (Lipinski definition) is 1. The van der Waals surface area contributed by atoms with Gasteiger partial charge in [0.25, 0.3) is 0 Å². The van der Waals surface area contributed by atoms with Gasteiger partial charge in [0, 0.05) is 21.6 Å². The van der Waals surface area contributed by atoms with Gasteiger partial charge in [-0.3, -0.25) is 9.59 Å². The molecule has 18 heavy (non-hydrogen) atoms. The average Bonchev–Trinajstić information content (AvgIpc) is 2.35. The Hall–Kier alpha value is -1.87. The lowest BCUT2D eigenvalue weighted by Gasteiger charge is -2.14. The van der Waals surface area contributed by atoms with Gasteiger partial charge in [0.1, 0.15) is 0 Å². The van der Waals surface area contributed by atoms with Crippen molar-refractivity contribution in [2.45, 2.75) is 11.8 Å². The molecule has 0 unspecified atom stereocenters. The maximum absolute atomic E-state index is 12.2. The normalized spacial score (nSPS) is 14.7. The number of rotatable bonds is 2. The zero-order valence-corrected chi connectivity index (χ0v) is 10.8. The van der Waals surface area contributed by atoms with E-state index in [0.29, 0.717) is 21.6 Å². The van der Waals surface area contributed by atoms with E-state index in [9.17, 15) is 9.59 Å². The average molecular weight is 256 g/mol. The molecule has 0 N–H and O–H groups in total. The fourth-order valence-electron chi connectivity index (χ4n) is 1.90. The van der Waals surface area contributed by atoms with Crippen LogP contribution < -0.4 is 0 Å². The van der Waals surface area contributed by atoms with Crippen LogP contribution in [0.25, 0.3) is 6.08 Å². The van der Waals surface area contributed by atoms with Crippen LogP contribution in [-0.2, 0) is 0 Å². The van der Waals surface area contributed by atoms with Crippen molar-refractivity contribution in [1.29, 1.82) is 0 Å². The first-order valence-corrected chi connectivity index (χ1v) is 5.96. The van der Waals surface area contributed by atoms with Crippen molar-refractivity contribution in [2.75, 3.05) is 0 Å². The van der Waals surface area contributed by atoms with Crippen molar-refractivity contribution in [2.24, 2.45) is 0 Å². The van der Waals surface area contributed by atoms with E-state index < -0.39 is 0 Å². The number of ketones is 2. The third-order valence-electron chi connectivity index (χ3n) is 2.79. The fraction of sp³-hybridized carbons (Fsp3) is 0.0667. The van der Waals surface area contributed by atoms with Crippen LogP contribution in [-0.4, -0.2) is 11.6 Å². The summed E-state index contributed by atoms with van der Waals surface area (Å²) in [7, 11) is 0. The maximum Gasteiger partial charge on any atom is 0.193 e. The van der Waals surface area contributed by atoms with Gasteiger partial charge in [-0.2, -0.15) is 0 Å². The Kier molecular flexibility index (Phi) is 3.34. The molecule has 3 heteroatoms. The first kappa shape index (κ1) is 12.6. The molecule has 0 atom stereocenters. The van der Waals surface area contributed by atoms with Gasteiger partial charge in [-0.05, 0) is 30.7 Å². The molecule has 0 spiro atoms. The molecule has 90 valence electrons. The Morgan fingerprint density at radius 2 is 1.94 bits per heavy atom. The minimum absolute atomic E-state index is 0.140. The fourth-order valence-corrected chi connectivity index (χ4v) is 2.19. The van der Waals surface area contributed by atoms with E-state index in [2.05, 4.69) is 19.2 Å². The van der Waals surface area contributed by atoms with Crippen LogP contribution in [0.3, 0.4) is 0 Å². The number of thiol groups is 1. The molecule has 1 aliphatic rings. The van der Waals surface area contributed by atoms with Gasteiger partial charge in [0.05, 0.1) is 0 Å². The molecule has 0 amide bonds. The molecule has 2 rings (SSSR count). The molecular formula is C15H12O2S. The molecule has 0 heterocycles. The van der Waals surface area contributed by atoms with Gasteiger partial charge in [-0.15, -0.1) is 12.6 Å². The van der Waals surface area contributed by atoms with Crippen molar-refractivity contribution in [1.82, 2.24) is 0 Å². The summed E-state index contributed by atoms with van der Waals surface area (Å²) in [6, 6.07) is 3.29. The quantitative estimate of drug-likeness (QED) is 0.822. The minimum atomic E-state index is -0.163. The molecule has 2 nitrogen and oxygen atoms in total. The smallest absolute Gasteiger partial charge is 0.193 e. The zero-order valence-electron chi connectivity index (χ0n) is 9.93. The van der Waals surface area contributed by atoms with Crippen LogP contribution in [0, 0.1) is 0 Å². The van der Waals surface area contributed by atoms with E-state index in [1.165, 1.54) is 6.08 Å². The highest BCUT2D eigenvalue weighted by Crippen LogP contribution is 2.27. The maximum atomic E-state index is 12.2. The van der Waals surface area contributed by atoms with Gasteiger partial charge < -0.3 is 0 Å². The summed E-state index contributed by atoms with van der Waals surface area (Å²) in [4.78, 5) is 24.8. The Morgan fingerprint density at radius 3 is 2.56 bits per heavy atom. The van der Waals surface area contributed by atoms with Crippen LogP contribution in [0.4, 0.5) is 0 Å². The Morgan fingerprint density at radius 1 is 1.22 bits per heavy atom. The zero-order chi connectivity index (χ0) is 13.3. The van der Waals surface area contributed by atoms with E-state index in [1.54, 1.807) is 37.3 Å². The number of benzene rings is 1. The van der Waals surface area contributed by atoms with Crippen LogP contribution in [0.15, 0.2) is 47.4 Å². The molecule has 0 saturated heterocycles. The number of fused-ring (bicyclic) bond motifs is 1. The molecule has 0 bridgehead atoms. The van der Waals surface area contributed by atoms with Gasteiger partial charge in [-0.25, -0.2) is 0 Å². The third-order valence-corrected chi connectivity index (χ3v) is 3.18. The summed E-state index contributed by atoms with van der Waals surface area (Å²) in [5.74, 6) is -0.303. The number of carbonyl (C=O) groups is 2. The summed E-state index contributed by atoms with van der Waals surface area (Å²) in [5, 5.41) is 0. The predicted molar refractivity (Wildman–Crippen MR) is 75.3 cm³/mol. The number of carbonyl (C=O) groups excluding carboxylic acids is 2. The number of allylic oxidation sites excluding steroid dienone is 4. The summed E-state index contributed by atoms with van der Waals surface area (Å²) >= 11 is 4.28. The van der Waals surface area contributed by atoms with Crippen molar-refractivity contribution in [3.63, 3.8) is 0 Å². The minimum Gasteiger partial charge on any atom is -0.289 e. The van der Waals surface area contributed by atoms with E-state index >= 15 is 0 Å². The van der Waals surface area contributed by atoms with Crippen LogP contribution in [0.5, 0.6) is 0 Å². The van der Waals surface area contributed by atoms with Gasteiger partial charge in [-0.1, -0.05) is 24.8 Å². The van der Waals surface area contributed by atoms with Crippen molar-refractivity contribution in [3.05, 3.63) is 59.2 Å². The van der Waals surface area contributed by atoms with E-state index in [0.717, 1.165) is 5.56 Å². The van der Waals surface area contributed by atoms with Gasteiger partial charge >= 0.3 is 0 Å². The van der Waals surface area contributed by atoms with Crippen LogP contribution in [0.2, 0.25) is 0 Å². The molecule has 0 radical (unpaired) electrons. The summed E-state index contributed by atoms with van der Waals surface area (Å²) < 4.78 is 0. The molecule has 1 aliphatic carbocycles.